The second kappa shape index (κ2) is 9.40. The number of anilines is 1. The molecule has 2 aliphatic heterocycles. The molecule has 2 aromatic rings. The number of methoxy groups -OCH3 is 1. The summed E-state index contributed by atoms with van der Waals surface area (Å²) in [5.41, 5.74) is 0.503. The lowest BCUT2D eigenvalue weighted by atomic mass is 9.94. The fourth-order valence-corrected chi connectivity index (χ4v) is 6.38. The monoisotopic (exact) mass is 494 g/mol. The van der Waals surface area contributed by atoms with Gasteiger partial charge in [-0.2, -0.15) is 4.31 Å². The van der Waals surface area contributed by atoms with Crippen molar-refractivity contribution in [1.29, 1.82) is 0 Å². The molecule has 0 aliphatic carbocycles. The Labute approximate surface area is 198 Å². The zero-order valence-electron chi connectivity index (χ0n) is 18.8. The van der Waals surface area contributed by atoms with Crippen molar-refractivity contribution >= 4 is 33.2 Å². The first-order valence-electron chi connectivity index (χ1n) is 10.8. The number of carbonyl (C=O) groups is 1. The third-order valence-electron chi connectivity index (χ3n) is 5.76. The van der Waals surface area contributed by atoms with E-state index in [0.717, 1.165) is 6.42 Å². The van der Waals surface area contributed by atoms with Gasteiger partial charge in [0.1, 0.15) is 23.9 Å². The maximum Gasteiger partial charge on any atom is 0.255 e. The summed E-state index contributed by atoms with van der Waals surface area (Å²) in [6, 6.07) is 7.52. The van der Waals surface area contributed by atoms with Crippen LogP contribution in [0.3, 0.4) is 0 Å². The number of amides is 1. The Bertz CT molecular complexity index is 1160. The quantitative estimate of drug-likeness (QED) is 0.674. The molecule has 33 heavy (non-hydrogen) atoms. The predicted octanol–water partition coefficient (Wildman–Crippen LogP) is 4.04. The third-order valence-corrected chi connectivity index (χ3v) is 7.92. The number of piperidine rings is 1. The van der Waals surface area contributed by atoms with Crippen LogP contribution in [0.4, 0.5) is 5.69 Å². The summed E-state index contributed by atoms with van der Waals surface area (Å²) in [6.45, 7) is 5.76. The average molecular weight is 495 g/mol. The minimum atomic E-state index is -3.85. The van der Waals surface area contributed by atoms with E-state index in [1.165, 1.54) is 29.6 Å². The highest BCUT2D eigenvalue weighted by Gasteiger charge is 2.34. The third kappa shape index (κ3) is 4.90. The van der Waals surface area contributed by atoms with E-state index in [2.05, 4.69) is 5.32 Å². The highest BCUT2D eigenvalue weighted by Crippen LogP contribution is 2.38. The zero-order chi connectivity index (χ0) is 23.8. The summed E-state index contributed by atoms with van der Waals surface area (Å²) in [5, 5.41) is 3.01. The molecule has 2 heterocycles. The van der Waals surface area contributed by atoms with Gasteiger partial charge in [0.2, 0.25) is 10.0 Å². The van der Waals surface area contributed by atoms with E-state index in [1.807, 2.05) is 13.8 Å². The Kier molecular flexibility index (Phi) is 6.74. The van der Waals surface area contributed by atoms with Gasteiger partial charge in [0.05, 0.1) is 17.8 Å². The van der Waals surface area contributed by atoms with Crippen molar-refractivity contribution in [2.45, 2.75) is 25.2 Å². The van der Waals surface area contributed by atoms with Crippen molar-refractivity contribution in [3.63, 3.8) is 0 Å². The molecule has 0 saturated carbocycles. The zero-order valence-corrected chi connectivity index (χ0v) is 20.3. The molecule has 4 rings (SSSR count). The second-order valence-corrected chi connectivity index (χ2v) is 10.9. The van der Waals surface area contributed by atoms with E-state index in [4.69, 9.17) is 25.8 Å². The van der Waals surface area contributed by atoms with Gasteiger partial charge in [-0.15, -0.1) is 0 Å². The largest absolute Gasteiger partial charge is 0.495 e. The molecule has 1 saturated heterocycles. The second-order valence-electron chi connectivity index (χ2n) is 8.56. The number of carbonyl (C=O) groups excluding carboxylic acids is 1. The molecule has 1 amide bonds. The van der Waals surface area contributed by atoms with Gasteiger partial charge in [-0.05, 0) is 36.5 Å². The van der Waals surface area contributed by atoms with Crippen LogP contribution >= 0.6 is 11.6 Å². The van der Waals surface area contributed by atoms with Crippen molar-refractivity contribution in [3.8, 4) is 17.2 Å². The van der Waals surface area contributed by atoms with E-state index in [0.29, 0.717) is 43.5 Å². The van der Waals surface area contributed by atoms with Crippen molar-refractivity contribution in [1.82, 2.24) is 4.31 Å². The number of sulfonamides is 1. The lowest BCUT2D eigenvalue weighted by Gasteiger charge is -2.34. The molecule has 1 fully saturated rings. The van der Waals surface area contributed by atoms with Crippen LogP contribution in [0, 0.1) is 11.8 Å². The van der Waals surface area contributed by atoms with Crippen LogP contribution in [0.25, 0.3) is 0 Å². The molecule has 2 aliphatic rings. The fourth-order valence-electron chi connectivity index (χ4n) is 4.31. The molecule has 0 bridgehead atoms. The van der Waals surface area contributed by atoms with Crippen LogP contribution < -0.4 is 19.5 Å². The van der Waals surface area contributed by atoms with Crippen LogP contribution in [0.1, 0.15) is 30.6 Å². The maximum atomic E-state index is 13.5. The summed E-state index contributed by atoms with van der Waals surface area (Å²) in [7, 11) is -2.45. The van der Waals surface area contributed by atoms with E-state index in [1.54, 1.807) is 12.1 Å². The van der Waals surface area contributed by atoms with Crippen LogP contribution in [0.15, 0.2) is 35.2 Å². The number of ether oxygens (including phenoxy) is 3. The fraction of sp³-hybridized carbons (Fsp3) is 0.435. The SMILES string of the molecule is COc1ccc(C(=O)Nc2cc3c(cc2Cl)OCCO3)cc1S(=O)(=O)N1CC(C)CC(C)C1. The molecule has 178 valence electrons. The van der Waals surface area contributed by atoms with Gasteiger partial charge in [0.25, 0.3) is 5.91 Å². The Morgan fingerprint density at radius 3 is 2.36 bits per heavy atom. The summed E-state index contributed by atoms with van der Waals surface area (Å²) < 4.78 is 44.8. The van der Waals surface area contributed by atoms with Crippen LogP contribution in [0.5, 0.6) is 17.2 Å². The van der Waals surface area contributed by atoms with Crippen molar-refractivity contribution in [3.05, 3.63) is 40.9 Å². The average Bonchev–Trinajstić information content (AvgIpc) is 2.78. The molecule has 0 spiro atoms. The van der Waals surface area contributed by atoms with Gasteiger partial charge in [-0.3, -0.25) is 4.79 Å². The Balaban J connectivity index is 1.63. The maximum absolute atomic E-state index is 13.5. The van der Waals surface area contributed by atoms with E-state index in [-0.39, 0.29) is 33.1 Å². The number of nitrogens with zero attached hydrogens (tertiary/aromatic N) is 1. The van der Waals surface area contributed by atoms with Gasteiger partial charge < -0.3 is 19.5 Å². The number of nitrogens with one attached hydrogen (secondary N) is 1. The van der Waals surface area contributed by atoms with Crippen LogP contribution in [-0.2, 0) is 10.0 Å². The number of hydrogen-bond acceptors (Lipinski definition) is 6. The first-order chi connectivity index (χ1) is 15.7. The number of hydrogen-bond donors (Lipinski definition) is 1. The van der Waals surface area contributed by atoms with Gasteiger partial charge in [-0.25, -0.2) is 8.42 Å². The minimum absolute atomic E-state index is 0.0350. The van der Waals surface area contributed by atoms with Crippen molar-refractivity contribution in [2.75, 3.05) is 38.7 Å². The number of benzene rings is 2. The van der Waals surface area contributed by atoms with Gasteiger partial charge in [0.15, 0.2) is 11.5 Å². The lowest BCUT2D eigenvalue weighted by Crippen LogP contribution is -2.42. The first kappa shape index (κ1) is 23.7. The number of halogens is 1. The topological polar surface area (TPSA) is 94.2 Å². The molecule has 2 aromatic carbocycles. The number of fused-ring (bicyclic) bond motifs is 1. The Hall–Kier alpha value is -2.49. The van der Waals surface area contributed by atoms with Crippen molar-refractivity contribution in [2.24, 2.45) is 11.8 Å². The minimum Gasteiger partial charge on any atom is -0.495 e. The molecular formula is C23H27ClN2O6S. The van der Waals surface area contributed by atoms with Gasteiger partial charge in [-0.1, -0.05) is 25.4 Å². The summed E-state index contributed by atoms with van der Waals surface area (Å²) in [6.07, 6.45) is 0.974. The Morgan fingerprint density at radius 1 is 1.09 bits per heavy atom. The summed E-state index contributed by atoms with van der Waals surface area (Å²) in [4.78, 5) is 13.0. The standard InChI is InChI=1S/C23H27ClN2O6S/c1-14-8-15(2)13-26(12-14)33(28,29)22-9-16(4-5-19(22)30-3)23(27)25-18-11-21-20(10-17(18)24)31-6-7-32-21/h4-5,9-11,14-15H,6-8,12-13H2,1-3H3,(H,25,27). The first-order valence-corrected chi connectivity index (χ1v) is 12.6. The molecule has 2 atom stereocenters. The number of rotatable bonds is 5. The molecule has 0 radical (unpaired) electrons. The molecule has 2 unspecified atom stereocenters. The normalized spacial score (nSPS) is 20.8. The highest BCUT2D eigenvalue weighted by molar-refractivity contribution is 7.89. The molecule has 1 N–H and O–H groups in total. The molecule has 0 aromatic heterocycles. The van der Waals surface area contributed by atoms with E-state index < -0.39 is 15.9 Å². The predicted molar refractivity (Wildman–Crippen MR) is 125 cm³/mol. The van der Waals surface area contributed by atoms with E-state index in [9.17, 15) is 13.2 Å². The van der Waals surface area contributed by atoms with Crippen molar-refractivity contribution < 1.29 is 27.4 Å². The summed E-state index contributed by atoms with van der Waals surface area (Å²) in [5.74, 6) is 1.17. The van der Waals surface area contributed by atoms with Crippen LogP contribution in [0.2, 0.25) is 5.02 Å². The molecular weight excluding hydrogens is 468 g/mol. The Morgan fingerprint density at radius 2 is 1.73 bits per heavy atom. The van der Waals surface area contributed by atoms with E-state index >= 15 is 0 Å². The molecule has 10 heteroatoms. The smallest absolute Gasteiger partial charge is 0.255 e. The van der Waals surface area contributed by atoms with Crippen LogP contribution in [-0.4, -0.2) is 52.0 Å². The summed E-state index contributed by atoms with van der Waals surface area (Å²) >= 11 is 6.30. The van der Waals surface area contributed by atoms with Gasteiger partial charge in [0, 0.05) is 30.8 Å². The molecule has 8 nitrogen and oxygen atoms in total. The van der Waals surface area contributed by atoms with Gasteiger partial charge >= 0.3 is 0 Å². The highest BCUT2D eigenvalue weighted by atomic mass is 35.5. The lowest BCUT2D eigenvalue weighted by molar-refractivity contribution is 0.102.